The first kappa shape index (κ1) is 16.8. The minimum Gasteiger partial charge on any atom is -0.493 e. The zero-order valence-electron chi connectivity index (χ0n) is 14.0. The number of para-hydroxylation sites is 2. The van der Waals surface area contributed by atoms with Crippen LogP contribution >= 0.6 is 0 Å². The van der Waals surface area contributed by atoms with E-state index in [1.54, 1.807) is 14.2 Å². The summed E-state index contributed by atoms with van der Waals surface area (Å²) in [5, 5.41) is 0. The number of ether oxygens (including phenoxy) is 2. The highest BCUT2D eigenvalue weighted by atomic mass is 16.5. The van der Waals surface area contributed by atoms with E-state index in [0.717, 1.165) is 30.3 Å². The zero-order valence-corrected chi connectivity index (χ0v) is 14.0. The van der Waals surface area contributed by atoms with Crippen LogP contribution in [0.5, 0.6) is 11.5 Å². The van der Waals surface area contributed by atoms with Gasteiger partial charge in [-0.2, -0.15) is 0 Å². The molecule has 0 amide bonds. The fraction of sp³-hybridized carbons (Fsp3) is 0.611. The molecule has 0 aromatic heterocycles. The third kappa shape index (κ3) is 3.80. The normalized spacial score (nSPS) is 27.6. The molecular weight excluding hydrogens is 278 g/mol. The molecule has 0 radical (unpaired) electrons. The van der Waals surface area contributed by atoms with E-state index in [2.05, 4.69) is 18.9 Å². The minimum atomic E-state index is 0.470. The highest BCUT2D eigenvalue weighted by molar-refractivity contribution is 5.80. The van der Waals surface area contributed by atoms with Gasteiger partial charge in [-0.25, -0.2) is 0 Å². The molecule has 0 spiro atoms. The number of fused-ring (bicyclic) bond motifs is 1. The first-order chi connectivity index (χ1) is 10.6. The number of rotatable bonds is 2. The van der Waals surface area contributed by atoms with E-state index in [4.69, 9.17) is 9.47 Å². The number of ketones is 1. The van der Waals surface area contributed by atoms with Crippen LogP contribution in [-0.2, 0) is 4.79 Å². The fourth-order valence-corrected chi connectivity index (χ4v) is 3.62. The Morgan fingerprint density at radius 3 is 2.23 bits per heavy atom. The molecular formula is C18H27NO3. The maximum absolute atomic E-state index is 11.3. The first-order valence-corrected chi connectivity index (χ1v) is 7.95. The Hall–Kier alpha value is -1.55. The van der Waals surface area contributed by atoms with Gasteiger partial charge < -0.3 is 14.4 Å². The van der Waals surface area contributed by atoms with Crippen molar-refractivity contribution in [1.82, 2.24) is 4.90 Å². The van der Waals surface area contributed by atoms with Crippen LogP contribution in [0, 0.1) is 11.8 Å². The third-order valence-electron chi connectivity index (χ3n) is 4.88. The number of likely N-dealkylation sites (tertiary alicyclic amines) is 1. The molecule has 1 aromatic carbocycles. The molecule has 3 atom stereocenters. The number of methoxy groups -OCH3 is 2. The van der Waals surface area contributed by atoms with Crippen LogP contribution in [0.25, 0.3) is 0 Å². The number of nitrogens with zero attached hydrogens (tertiary/aromatic N) is 1. The number of hydrogen-bond acceptors (Lipinski definition) is 4. The van der Waals surface area contributed by atoms with Crippen molar-refractivity contribution in [3.05, 3.63) is 24.3 Å². The third-order valence-corrected chi connectivity index (χ3v) is 4.88. The molecule has 1 saturated carbocycles. The van der Waals surface area contributed by atoms with Crippen LogP contribution in [0.1, 0.15) is 26.2 Å². The summed E-state index contributed by atoms with van der Waals surface area (Å²) in [4.78, 5) is 13.7. The van der Waals surface area contributed by atoms with Crippen molar-refractivity contribution in [2.45, 2.75) is 32.2 Å². The van der Waals surface area contributed by atoms with Crippen molar-refractivity contribution in [3.63, 3.8) is 0 Å². The van der Waals surface area contributed by atoms with Crippen LogP contribution in [0.3, 0.4) is 0 Å². The van der Waals surface area contributed by atoms with Gasteiger partial charge in [-0.15, -0.1) is 0 Å². The van der Waals surface area contributed by atoms with Crippen molar-refractivity contribution in [3.8, 4) is 11.5 Å². The molecule has 2 fully saturated rings. The summed E-state index contributed by atoms with van der Waals surface area (Å²) in [6.07, 6.45) is 2.94. The lowest BCUT2D eigenvalue weighted by atomic mass is 9.77. The van der Waals surface area contributed by atoms with Crippen LogP contribution in [0.4, 0.5) is 0 Å². The van der Waals surface area contributed by atoms with Gasteiger partial charge in [0.2, 0.25) is 0 Å². The molecule has 4 nitrogen and oxygen atoms in total. The number of carbonyl (C=O) groups is 1. The van der Waals surface area contributed by atoms with Gasteiger partial charge in [-0.1, -0.05) is 19.1 Å². The maximum Gasteiger partial charge on any atom is 0.160 e. The van der Waals surface area contributed by atoms with Crippen LogP contribution in [0.15, 0.2) is 24.3 Å². The Morgan fingerprint density at radius 2 is 1.68 bits per heavy atom. The van der Waals surface area contributed by atoms with Crippen molar-refractivity contribution in [2.75, 3.05) is 27.8 Å². The highest BCUT2D eigenvalue weighted by Crippen LogP contribution is 2.37. The lowest BCUT2D eigenvalue weighted by Gasteiger charge is -2.33. The molecule has 0 N–H and O–H groups in total. The zero-order chi connectivity index (χ0) is 16.1. The largest absolute Gasteiger partial charge is 0.493 e. The number of carbonyl (C=O) groups excluding carboxylic acids is 1. The van der Waals surface area contributed by atoms with Gasteiger partial charge in [0.25, 0.3) is 0 Å². The number of hydrogen-bond donors (Lipinski definition) is 0. The Balaban J connectivity index is 0.000000164. The lowest BCUT2D eigenvalue weighted by Crippen LogP contribution is -2.38. The summed E-state index contributed by atoms with van der Waals surface area (Å²) in [6.45, 7) is 3.42. The minimum absolute atomic E-state index is 0.470. The van der Waals surface area contributed by atoms with Crippen LogP contribution < -0.4 is 9.47 Å². The monoisotopic (exact) mass is 305 g/mol. The number of Topliss-reactive ketones (excluding diaryl/α,β-unsaturated/α-hetero) is 1. The molecule has 1 heterocycles. The summed E-state index contributed by atoms with van der Waals surface area (Å²) < 4.78 is 10.0. The summed E-state index contributed by atoms with van der Waals surface area (Å²) in [6, 6.07) is 8.10. The Morgan fingerprint density at radius 1 is 1.09 bits per heavy atom. The average molecular weight is 305 g/mol. The lowest BCUT2D eigenvalue weighted by molar-refractivity contribution is -0.123. The number of benzene rings is 1. The summed E-state index contributed by atoms with van der Waals surface area (Å²) in [5.41, 5.74) is 0. The molecule has 2 aliphatic rings. The molecule has 4 heteroatoms. The van der Waals surface area contributed by atoms with E-state index in [1.807, 2.05) is 24.3 Å². The van der Waals surface area contributed by atoms with E-state index >= 15 is 0 Å². The molecule has 3 rings (SSSR count). The predicted octanol–water partition coefficient (Wildman–Crippen LogP) is 3.01. The Kier molecular flexibility index (Phi) is 5.83. The molecule has 22 heavy (non-hydrogen) atoms. The average Bonchev–Trinajstić information content (AvgIpc) is 2.89. The molecule has 1 saturated heterocycles. The summed E-state index contributed by atoms with van der Waals surface area (Å²) in [7, 11) is 5.39. The molecule has 1 aliphatic heterocycles. The van der Waals surface area contributed by atoms with Gasteiger partial charge in [-0.05, 0) is 44.0 Å². The first-order valence-electron chi connectivity index (χ1n) is 7.95. The SMILES string of the molecule is CC1CC(=O)CC2C1CCN2C.COc1ccccc1OC. The van der Waals surface area contributed by atoms with E-state index in [-0.39, 0.29) is 0 Å². The smallest absolute Gasteiger partial charge is 0.160 e. The van der Waals surface area contributed by atoms with Gasteiger partial charge in [0.15, 0.2) is 11.5 Å². The van der Waals surface area contributed by atoms with Crippen molar-refractivity contribution in [1.29, 1.82) is 0 Å². The second-order valence-corrected chi connectivity index (χ2v) is 6.28. The highest BCUT2D eigenvalue weighted by Gasteiger charge is 2.40. The van der Waals surface area contributed by atoms with Crippen molar-refractivity contribution in [2.24, 2.45) is 11.8 Å². The van der Waals surface area contributed by atoms with Crippen molar-refractivity contribution >= 4 is 5.78 Å². The Labute approximate surface area is 133 Å². The standard InChI is InChI=1S/C10H17NO.C8H10O2/c1-7-5-8(12)6-10-9(7)3-4-11(10)2;1-9-7-5-3-4-6-8(7)10-2/h7,9-10H,3-6H2,1-2H3;3-6H,1-2H3. The predicted molar refractivity (Wildman–Crippen MR) is 87.5 cm³/mol. The van der Waals surface area contributed by atoms with E-state index in [0.29, 0.717) is 17.7 Å². The van der Waals surface area contributed by atoms with Gasteiger partial charge in [0.1, 0.15) is 5.78 Å². The molecule has 122 valence electrons. The Bertz CT molecular complexity index is 480. The van der Waals surface area contributed by atoms with Gasteiger partial charge in [0.05, 0.1) is 14.2 Å². The van der Waals surface area contributed by atoms with E-state index in [1.165, 1.54) is 13.0 Å². The second kappa shape index (κ2) is 7.63. The molecule has 3 unspecified atom stereocenters. The van der Waals surface area contributed by atoms with Crippen LogP contribution in [-0.4, -0.2) is 44.5 Å². The molecule has 1 aromatic rings. The van der Waals surface area contributed by atoms with Crippen LogP contribution in [0.2, 0.25) is 0 Å². The second-order valence-electron chi connectivity index (χ2n) is 6.28. The fourth-order valence-electron chi connectivity index (χ4n) is 3.62. The molecule has 0 bridgehead atoms. The topological polar surface area (TPSA) is 38.8 Å². The van der Waals surface area contributed by atoms with Gasteiger partial charge in [0, 0.05) is 18.9 Å². The summed E-state index contributed by atoms with van der Waals surface area (Å²) >= 11 is 0. The van der Waals surface area contributed by atoms with E-state index < -0.39 is 0 Å². The summed E-state index contributed by atoms with van der Waals surface area (Å²) in [5.74, 6) is 3.43. The van der Waals surface area contributed by atoms with Crippen molar-refractivity contribution < 1.29 is 14.3 Å². The van der Waals surface area contributed by atoms with Gasteiger partial charge >= 0.3 is 0 Å². The molecule has 1 aliphatic carbocycles. The quantitative estimate of drug-likeness (QED) is 0.842. The van der Waals surface area contributed by atoms with E-state index in [9.17, 15) is 4.79 Å². The maximum atomic E-state index is 11.3. The van der Waals surface area contributed by atoms with Gasteiger partial charge in [-0.3, -0.25) is 4.79 Å².